The molecule has 2 rings (SSSR count). The maximum absolute atomic E-state index is 10.9. The lowest BCUT2D eigenvalue weighted by Gasteiger charge is -2.37. The van der Waals surface area contributed by atoms with Crippen molar-refractivity contribution in [3.8, 4) is 0 Å². The monoisotopic (exact) mass is 282 g/mol. The number of carboxylic acids is 1. The van der Waals surface area contributed by atoms with E-state index in [0.29, 0.717) is 11.1 Å². The van der Waals surface area contributed by atoms with Crippen molar-refractivity contribution >= 4 is 23.4 Å². The Kier molecular flexibility index (Phi) is 4.64. The summed E-state index contributed by atoms with van der Waals surface area (Å²) in [4.78, 5) is 17.4. The Balaban J connectivity index is 2.26. The summed E-state index contributed by atoms with van der Waals surface area (Å²) < 4.78 is 0. The van der Waals surface area contributed by atoms with Gasteiger partial charge in [-0.1, -0.05) is 24.9 Å². The SMILES string of the molecule is CCCC1CCCCN1c1ncc(C(=O)O)cc1Cl. The van der Waals surface area contributed by atoms with E-state index in [1.807, 2.05) is 0 Å². The van der Waals surface area contributed by atoms with Gasteiger partial charge in [0.2, 0.25) is 0 Å². The number of aromatic carboxylic acids is 1. The molecule has 0 aromatic carbocycles. The lowest BCUT2D eigenvalue weighted by Crippen LogP contribution is -2.40. The van der Waals surface area contributed by atoms with Crippen molar-refractivity contribution in [1.29, 1.82) is 0 Å². The second kappa shape index (κ2) is 6.24. The van der Waals surface area contributed by atoms with Gasteiger partial charge in [-0.3, -0.25) is 0 Å². The number of carbonyl (C=O) groups is 1. The number of aromatic nitrogens is 1. The van der Waals surface area contributed by atoms with E-state index in [1.54, 1.807) is 0 Å². The van der Waals surface area contributed by atoms with Gasteiger partial charge in [0.1, 0.15) is 5.82 Å². The van der Waals surface area contributed by atoms with E-state index in [-0.39, 0.29) is 5.56 Å². The van der Waals surface area contributed by atoms with Gasteiger partial charge in [0.05, 0.1) is 10.6 Å². The van der Waals surface area contributed by atoms with Gasteiger partial charge >= 0.3 is 5.97 Å². The minimum atomic E-state index is -0.996. The molecule has 0 amide bonds. The third kappa shape index (κ3) is 3.18. The molecular formula is C14H19ClN2O2. The molecule has 2 heterocycles. The lowest BCUT2D eigenvalue weighted by atomic mass is 9.98. The Labute approximate surface area is 118 Å². The molecule has 1 atom stereocenters. The highest BCUT2D eigenvalue weighted by Gasteiger charge is 2.25. The summed E-state index contributed by atoms with van der Waals surface area (Å²) in [5, 5.41) is 9.37. The molecule has 1 aromatic rings. The van der Waals surface area contributed by atoms with Crippen LogP contribution in [0.15, 0.2) is 12.3 Å². The fourth-order valence-corrected chi connectivity index (χ4v) is 2.95. The molecule has 0 aliphatic carbocycles. The zero-order valence-corrected chi connectivity index (χ0v) is 11.9. The average Bonchev–Trinajstić information content (AvgIpc) is 2.40. The van der Waals surface area contributed by atoms with Crippen LogP contribution in [-0.2, 0) is 0 Å². The fraction of sp³-hybridized carbons (Fsp3) is 0.571. The first-order valence-electron chi connectivity index (χ1n) is 6.79. The van der Waals surface area contributed by atoms with Crippen LogP contribution in [0, 0.1) is 0 Å². The zero-order valence-electron chi connectivity index (χ0n) is 11.1. The van der Waals surface area contributed by atoms with E-state index < -0.39 is 5.97 Å². The molecule has 5 heteroatoms. The summed E-state index contributed by atoms with van der Waals surface area (Å²) in [7, 11) is 0. The molecule has 1 aliphatic rings. The molecular weight excluding hydrogens is 264 g/mol. The molecule has 19 heavy (non-hydrogen) atoms. The maximum Gasteiger partial charge on any atom is 0.337 e. The Morgan fingerprint density at radius 2 is 2.37 bits per heavy atom. The first kappa shape index (κ1) is 14.1. The van der Waals surface area contributed by atoms with Crippen molar-refractivity contribution < 1.29 is 9.90 Å². The molecule has 1 unspecified atom stereocenters. The van der Waals surface area contributed by atoms with Crippen LogP contribution in [-0.4, -0.2) is 28.6 Å². The van der Waals surface area contributed by atoms with Crippen LogP contribution in [0.3, 0.4) is 0 Å². The standard InChI is InChI=1S/C14H19ClN2O2/c1-2-5-11-6-3-4-7-17(11)13-12(15)8-10(9-16-13)14(18)19/h8-9,11H,2-7H2,1H3,(H,18,19). The third-order valence-corrected chi connectivity index (χ3v) is 3.87. The predicted molar refractivity (Wildman–Crippen MR) is 76.1 cm³/mol. The van der Waals surface area contributed by atoms with E-state index in [1.165, 1.54) is 18.7 Å². The summed E-state index contributed by atoms with van der Waals surface area (Å²) in [5.41, 5.74) is 0.137. The number of pyridine rings is 1. The van der Waals surface area contributed by atoms with Gasteiger partial charge in [0.15, 0.2) is 0 Å². The quantitative estimate of drug-likeness (QED) is 0.917. The smallest absolute Gasteiger partial charge is 0.337 e. The van der Waals surface area contributed by atoms with Gasteiger partial charge in [-0.25, -0.2) is 9.78 Å². The maximum atomic E-state index is 10.9. The van der Waals surface area contributed by atoms with Crippen molar-refractivity contribution in [3.63, 3.8) is 0 Å². The zero-order chi connectivity index (χ0) is 13.8. The van der Waals surface area contributed by atoms with Crippen LogP contribution in [0.5, 0.6) is 0 Å². The molecule has 1 N–H and O–H groups in total. The Morgan fingerprint density at radius 3 is 3.00 bits per heavy atom. The van der Waals surface area contributed by atoms with Crippen LogP contribution >= 0.6 is 11.6 Å². The summed E-state index contributed by atoms with van der Waals surface area (Å²) in [6, 6.07) is 1.96. The van der Waals surface area contributed by atoms with E-state index in [4.69, 9.17) is 16.7 Å². The van der Waals surface area contributed by atoms with Crippen molar-refractivity contribution in [2.24, 2.45) is 0 Å². The summed E-state index contributed by atoms with van der Waals surface area (Å²) in [6.45, 7) is 3.12. The van der Waals surface area contributed by atoms with Crippen molar-refractivity contribution in [2.75, 3.05) is 11.4 Å². The largest absolute Gasteiger partial charge is 0.478 e. The summed E-state index contributed by atoms with van der Waals surface area (Å²) in [5.74, 6) is -0.269. The highest BCUT2D eigenvalue weighted by atomic mass is 35.5. The van der Waals surface area contributed by atoms with Crippen molar-refractivity contribution in [2.45, 2.75) is 45.1 Å². The molecule has 4 nitrogen and oxygen atoms in total. The summed E-state index contributed by atoms with van der Waals surface area (Å²) >= 11 is 6.20. The Hall–Kier alpha value is -1.29. The van der Waals surface area contributed by atoms with Crippen LogP contribution in [0.2, 0.25) is 5.02 Å². The highest BCUT2D eigenvalue weighted by Crippen LogP contribution is 2.31. The number of carboxylic acid groups (broad SMARTS) is 1. The number of hydrogen-bond acceptors (Lipinski definition) is 3. The first-order chi connectivity index (χ1) is 9.13. The van der Waals surface area contributed by atoms with Gasteiger partial charge in [-0.05, 0) is 31.7 Å². The second-order valence-electron chi connectivity index (χ2n) is 4.97. The number of halogens is 1. The molecule has 0 spiro atoms. The molecule has 1 fully saturated rings. The van der Waals surface area contributed by atoms with Crippen LogP contribution in [0.1, 0.15) is 49.4 Å². The fourth-order valence-electron chi connectivity index (χ4n) is 2.67. The van der Waals surface area contributed by atoms with E-state index in [2.05, 4.69) is 16.8 Å². The van der Waals surface area contributed by atoms with E-state index >= 15 is 0 Å². The number of nitrogens with zero attached hydrogens (tertiary/aromatic N) is 2. The van der Waals surface area contributed by atoms with Crippen LogP contribution in [0.25, 0.3) is 0 Å². The molecule has 0 radical (unpaired) electrons. The molecule has 1 saturated heterocycles. The predicted octanol–water partition coefficient (Wildman–Crippen LogP) is 3.59. The lowest BCUT2D eigenvalue weighted by molar-refractivity contribution is 0.0696. The van der Waals surface area contributed by atoms with Crippen molar-refractivity contribution in [1.82, 2.24) is 4.98 Å². The van der Waals surface area contributed by atoms with Gasteiger partial charge in [0.25, 0.3) is 0 Å². The average molecular weight is 283 g/mol. The highest BCUT2D eigenvalue weighted by molar-refractivity contribution is 6.33. The van der Waals surface area contributed by atoms with Crippen molar-refractivity contribution in [3.05, 3.63) is 22.8 Å². The minimum absolute atomic E-state index is 0.137. The van der Waals surface area contributed by atoms with Gasteiger partial charge in [-0.2, -0.15) is 0 Å². The first-order valence-corrected chi connectivity index (χ1v) is 7.16. The van der Waals surface area contributed by atoms with Crippen LogP contribution < -0.4 is 4.90 Å². The van der Waals surface area contributed by atoms with E-state index in [0.717, 1.165) is 38.0 Å². The number of rotatable bonds is 4. The number of anilines is 1. The molecule has 1 aromatic heterocycles. The number of piperidine rings is 1. The van der Waals surface area contributed by atoms with Gasteiger partial charge in [-0.15, -0.1) is 0 Å². The second-order valence-corrected chi connectivity index (χ2v) is 5.37. The van der Waals surface area contributed by atoms with E-state index in [9.17, 15) is 4.79 Å². The number of hydrogen-bond donors (Lipinski definition) is 1. The van der Waals surface area contributed by atoms with Gasteiger partial charge < -0.3 is 10.0 Å². The topological polar surface area (TPSA) is 53.4 Å². The normalized spacial score (nSPS) is 19.5. The molecule has 1 aliphatic heterocycles. The van der Waals surface area contributed by atoms with Gasteiger partial charge in [0, 0.05) is 18.8 Å². The summed E-state index contributed by atoms with van der Waals surface area (Å²) in [6.07, 6.45) is 7.18. The Bertz CT molecular complexity index is 463. The molecule has 0 saturated carbocycles. The minimum Gasteiger partial charge on any atom is -0.478 e. The van der Waals surface area contributed by atoms with Crippen LogP contribution in [0.4, 0.5) is 5.82 Å². The Morgan fingerprint density at radius 1 is 1.58 bits per heavy atom. The molecule has 104 valence electrons. The molecule has 0 bridgehead atoms. The third-order valence-electron chi connectivity index (χ3n) is 3.59.